The molecule has 1 aliphatic rings. The number of amides is 1. The van der Waals surface area contributed by atoms with E-state index in [1.54, 1.807) is 4.90 Å². The van der Waals surface area contributed by atoms with Gasteiger partial charge in [0.05, 0.1) is 5.92 Å². The van der Waals surface area contributed by atoms with Crippen LogP contribution >= 0.6 is 27.5 Å². The van der Waals surface area contributed by atoms with Crippen LogP contribution in [0.3, 0.4) is 0 Å². The normalized spacial score (nSPS) is 19.8. The van der Waals surface area contributed by atoms with Gasteiger partial charge in [-0.25, -0.2) is 0 Å². The Hall–Kier alpha value is -0.870. The number of rotatable bonds is 2. The van der Waals surface area contributed by atoms with E-state index in [2.05, 4.69) is 15.9 Å². The highest BCUT2D eigenvalue weighted by Crippen LogP contribution is 2.30. The average Bonchev–Trinajstić information content (AvgIpc) is 2.61. The molecular formula is C12H11BrClNO2. The van der Waals surface area contributed by atoms with Gasteiger partial charge in [-0.2, -0.15) is 0 Å². The van der Waals surface area contributed by atoms with Gasteiger partial charge < -0.3 is 4.90 Å². The monoisotopic (exact) mass is 315 g/mol. The van der Waals surface area contributed by atoms with E-state index in [0.717, 1.165) is 15.7 Å². The van der Waals surface area contributed by atoms with Gasteiger partial charge in [0.15, 0.2) is 0 Å². The lowest BCUT2D eigenvalue weighted by Crippen LogP contribution is -2.25. The van der Waals surface area contributed by atoms with Crippen LogP contribution in [-0.2, 0) is 9.59 Å². The quantitative estimate of drug-likeness (QED) is 0.787. The zero-order valence-corrected chi connectivity index (χ0v) is 11.6. The van der Waals surface area contributed by atoms with Gasteiger partial charge in [-0.05, 0) is 42.3 Å². The second-order valence-corrected chi connectivity index (χ2v) is 5.43. The molecule has 1 aliphatic heterocycles. The largest absolute Gasteiger partial charge is 0.311 e. The summed E-state index contributed by atoms with van der Waals surface area (Å²) in [6.45, 7) is 2.31. The molecule has 5 heteroatoms. The first-order valence-electron chi connectivity index (χ1n) is 5.25. The van der Waals surface area contributed by atoms with Crippen LogP contribution in [0.15, 0.2) is 22.7 Å². The Labute approximate surface area is 113 Å². The van der Waals surface area contributed by atoms with Gasteiger partial charge in [-0.3, -0.25) is 9.59 Å². The minimum absolute atomic E-state index is 0.0468. The second-order valence-electron chi connectivity index (χ2n) is 4.14. The Kier molecular flexibility index (Phi) is 3.54. The molecule has 3 nitrogen and oxygen atoms in total. The first kappa shape index (κ1) is 12.6. The molecule has 1 heterocycles. The van der Waals surface area contributed by atoms with Crippen molar-refractivity contribution in [1.82, 2.24) is 0 Å². The van der Waals surface area contributed by atoms with Crippen molar-refractivity contribution in [2.24, 2.45) is 5.92 Å². The fourth-order valence-electron chi connectivity index (χ4n) is 2.01. The topological polar surface area (TPSA) is 37.4 Å². The van der Waals surface area contributed by atoms with Crippen molar-refractivity contribution < 1.29 is 9.59 Å². The molecule has 0 aliphatic carbocycles. The van der Waals surface area contributed by atoms with E-state index < -0.39 is 5.24 Å². The summed E-state index contributed by atoms with van der Waals surface area (Å²) in [5, 5.41) is -0.435. The number of nitrogens with zero attached hydrogens (tertiary/aromatic N) is 1. The lowest BCUT2D eigenvalue weighted by atomic mass is 10.1. The van der Waals surface area contributed by atoms with Crippen LogP contribution < -0.4 is 4.90 Å². The predicted molar refractivity (Wildman–Crippen MR) is 70.2 cm³/mol. The lowest BCUT2D eigenvalue weighted by Gasteiger charge is -2.18. The molecule has 1 fully saturated rings. The van der Waals surface area contributed by atoms with Crippen molar-refractivity contribution in [1.29, 1.82) is 0 Å². The van der Waals surface area contributed by atoms with Crippen LogP contribution in [0, 0.1) is 12.8 Å². The van der Waals surface area contributed by atoms with E-state index in [1.165, 1.54) is 0 Å². The molecule has 0 spiro atoms. The van der Waals surface area contributed by atoms with Crippen molar-refractivity contribution in [3.8, 4) is 0 Å². The van der Waals surface area contributed by atoms with E-state index in [1.807, 2.05) is 25.1 Å². The number of carbonyl (C=O) groups is 2. The van der Waals surface area contributed by atoms with Crippen LogP contribution in [0.1, 0.15) is 12.0 Å². The first-order valence-corrected chi connectivity index (χ1v) is 6.42. The number of aryl methyl sites for hydroxylation is 1. The summed E-state index contributed by atoms with van der Waals surface area (Å²) in [6, 6.07) is 5.70. The summed E-state index contributed by atoms with van der Waals surface area (Å²) in [6.07, 6.45) is 0.206. The lowest BCUT2D eigenvalue weighted by molar-refractivity contribution is -0.120. The van der Waals surface area contributed by atoms with Gasteiger partial charge in [-0.15, -0.1) is 0 Å². The Morgan fingerprint density at radius 1 is 1.53 bits per heavy atom. The van der Waals surface area contributed by atoms with Crippen LogP contribution in [0.2, 0.25) is 0 Å². The summed E-state index contributed by atoms with van der Waals surface area (Å²) < 4.78 is 0.968. The van der Waals surface area contributed by atoms with E-state index in [9.17, 15) is 9.59 Å². The molecule has 0 radical (unpaired) electrons. The van der Waals surface area contributed by atoms with Crippen molar-refractivity contribution in [3.63, 3.8) is 0 Å². The van der Waals surface area contributed by atoms with E-state index in [0.29, 0.717) is 6.54 Å². The molecule has 1 atom stereocenters. The zero-order chi connectivity index (χ0) is 12.6. The molecule has 1 saturated heterocycles. The summed E-state index contributed by atoms with van der Waals surface area (Å²) in [7, 11) is 0. The van der Waals surface area contributed by atoms with Crippen molar-refractivity contribution in [2.45, 2.75) is 13.3 Å². The van der Waals surface area contributed by atoms with Gasteiger partial charge >= 0.3 is 0 Å². The highest BCUT2D eigenvalue weighted by atomic mass is 79.9. The number of anilines is 1. The van der Waals surface area contributed by atoms with Crippen LogP contribution in [-0.4, -0.2) is 17.7 Å². The maximum Gasteiger partial charge on any atom is 0.227 e. The molecule has 0 N–H and O–H groups in total. The third kappa shape index (κ3) is 2.53. The number of benzene rings is 1. The zero-order valence-electron chi connectivity index (χ0n) is 9.24. The highest BCUT2D eigenvalue weighted by molar-refractivity contribution is 9.10. The third-order valence-electron chi connectivity index (χ3n) is 2.90. The average molecular weight is 317 g/mol. The highest BCUT2D eigenvalue weighted by Gasteiger charge is 2.34. The Morgan fingerprint density at radius 2 is 2.24 bits per heavy atom. The number of hydrogen-bond donors (Lipinski definition) is 0. The number of halogens is 2. The first-order chi connectivity index (χ1) is 7.99. The summed E-state index contributed by atoms with van der Waals surface area (Å²) in [5.41, 5.74) is 1.84. The van der Waals surface area contributed by atoms with Gasteiger partial charge in [0.1, 0.15) is 0 Å². The minimum atomic E-state index is -0.435. The summed E-state index contributed by atoms with van der Waals surface area (Å²) in [4.78, 5) is 24.5. The predicted octanol–water partition coefficient (Wildman–Crippen LogP) is 2.88. The Balaban J connectivity index is 2.29. The minimum Gasteiger partial charge on any atom is -0.311 e. The molecule has 0 aromatic heterocycles. The van der Waals surface area contributed by atoms with Crippen LogP contribution in [0.5, 0.6) is 0 Å². The van der Waals surface area contributed by atoms with Crippen molar-refractivity contribution in [3.05, 3.63) is 28.2 Å². The Bertz CT molecular complexity index is 489. The molecule has 0 saturated carbocycles. The van der Waals surface area contributed by atoms with E-state index in [-0.39, 0.29) is 18.2 Å². The molecule has 17 heavy (non-hydrogen) atoms. The van der Waals surface area contributed by atoms with Crippen LogP contribution in [0.25, 0.3) is 0 Å². The van der Waals surface area contributed by atoms with Gasteiger partial charge in [-0.1, -0.05) is 15.9 Å². The van der Waals surface area contributed by atoms with Crippen molar-refractivity contribution >= 4 is 44.4 Å². The second kappa shape index (κ2) is 4.78. The maximum atomic E-state index is 11.8. The fraction of sp³-hybridized carbons (Fsp3) is 0.333. The SMILES string of the molecule is Cc1cc(Br)ccc1N1CC(C(=O)Cl)CC1=O. The number of hydrogen-bond acceptors (Lipinski definition) is 2. The molecular weight excluding hydrogens is 305 g/mol. The van der Waals surface area contributed by atoms with Crippen LogP contribution in [0.4, 0.5) is 5.69 Å². The maximum absolute atomic E-state index is 11.8. The van der Waals surface area contributed by atoms with Gasteiger partial charge in [0.25, 0.3) is 0 Å². The van der Waals surface area contributed by atoms with E-state index >= 15 is 0 Å². The molecule has 1 aromatic carbocycles. The fourth-order valence-corrected chi connectivity index (χ4v) is 2.64. The smallest absolute Gasteiger partial charge is 0.227 e. The van der Waals surface area contributed by atoms with Gasteiger partial charge in [0, 0.05) is 23.1 Å². The third-order valence-corrected chi connectivity index (χ3v) is 3.70. The summed E-state index contributed by atoms with van der Waals surface area (Å²) in [5.74, 6) is -0.429. The van der Waals surface area contributed by atoms with Crippen molar-refractivity contribution in [2.75, 3.05) is 11.4 Å². The van der Waals surface area contributed by atoms with Gasteiger partial charge in [0.2, 0.25) is 11.1 Å². The molecule has 0 bridgehead atoms. The standard InChI is InChI=1S/C12H11BrClNO2/c1-7-4-9(13)2-3-10(7)15-6-8(12(14)17)5-11(15)16/h2-4,8H,5-6H2,1H3. The number of carbonyl (C=O) groups excluding carboxylic acids is 2. The molecule has 1 unspecified atom stereocenters. The Morgan fingerprint density at radius 3 is 2.76 bits per heavy atom. The molecule has 2 rings (SSSR count). The molecule has 1 amide bonds. The summed E-state index contributed by atoms with van der Waals surface area (Å²) >= 11 is 8.82. The molecule has 1 aromatic rings. The van der Waals surface area contributed by atoms with E-state index in [4.69, 9.17) is 11.6 Å². The molecule has 90 valence electrons.